The fourth-order valence-electron chi connectivity index (χ4n) is 4.13. The van der Waals surface area contributed by atoms with Crippen molar-refractivity contribution in [1.82, 2.24) is 19.6 Å². The van der Waals surface area contributed by atoms with Crippen molar-refractivity contribution in [3.63, 3.8) is 0 Å². The smallest absolute Gasteiger partial charge is 0.128 e. The molecular weight excluding hydrogens is 300 g/mol. The minimum absolute atomic E-state index is 0.514. The molecule has 2 rings (SSSR count). The number of nitrogens with zero attached hydrogens (tertiary/aromatic N) is 4. The van der Waals surface area contributed by atoms with Crippen LogP contribution in [-0.4, -0.2) is 101 Å². The molecule has 0 spiro atoms. The van der Waals surface area contributed by atoms with Gasteiger partial charge in [-0.1, -0.05) is 6.92 Å². The summed E-state index contributed by atoms with van der Waals surface area (Å²) < 4.78 is 0. The molecule has 0 saturated carbocycles. The molecule has 0 aromatic rings. The van der Waals surface area contributed by atoms with Crippen molar-refractivity contribution >= 4 is 0 Å². The first-order valence-electron chi connectivity index (χ1n) is 10.0. The molecule has 5 nitrogen and oxygen atoms in total. The normalized spacial score (nSPS) is 30.1. The molecule has 2 saturated heterocycles. The van der Waals surface area contributed by atoms with Crippen LogP contribution in [0.3, 0.4) is 0 Å². The van der Waals surface area contributed by atoms with Crippen LogP contribution < -0.4 is 0 Å². The minimum atomic E-state index is -0.682. The van der Waals surface area contributed by atoms with Crippen molar-refractivity contribution in [2.45, 2.75) is 65.3 Å². The Morgan fingerprint density at radius 1 is 0.958 bits per heavy atom. The fraction of sp³-hybridized carbons (Fsp3) is 1.00. The monoisotopic (exact) mass is 340 g/mol. The van der Waals surface area contributed by atoms with Gasteiger partial charge >= 0.3 is 0 Å². The van der Waals surface area contributed by atoms with Gasteiger partial charge in [-0.3, -0.25) is 14.7 Å². The van der Waals surface area contributed by atoms with Gasteiger partial charge in [-0.05, 0) is 47.1 Å². The van der Waals surface area contributed by atoms with Crippen LogP contribution in [-0.2, 0) is 0 Å². The molecule has 0 aliphatic carbocycles. The van der Waals surface area contributed by atoms with E-state index in [1.165, 1.54) is 45.6 Å². The second-order valence-corrected chi connectivity index (χ2v) is 8.23. The molecule has 2 aliphatic rings. The quantitative estimate of drug-likeness (QED) is 0.760. The Morgan fingerprint density at radius 2 is 1.58 bits per heavy atom. The summed E-state index contributed by atoms with van der Waals surface area (Å²) >= 11 is 0. The van der Waals surface area contributed by atoms with E-state index < -0.39 is 5.72 Å². The summed E-state index contributed by atoms with van der Waals surface area (Å²) in [5.74, 6) is 0. The Bertz CT molecular complexity index is 366. The predicted molar refractivity (Wildman–Crippen MR) is 101 cm³/mol. The van der Waals surface area contributed by atoms with E-state index in [4.69, 9.17) is 0 Å². The van der Waals surface area contributed by atoms with Crippen LogP contribution in [0.15, 0.2) is 0 Å². The number of rotatable bonds is 7. The van der Waals surface area contributed by atoms with Gasteiger partial charge in [0.2, 0.25) is 0 Å². The molecule has 5 heteroatoms. The lowest BCUT2D eigenvalue weighted by atomic mass is 10.1. The third kappa shape index (κ3) is 5.40. The van der Waals surface area contributed by atoms with Crippen molar-refractivity contribution in [3.8, 4) is 0 Å². The van der Waals surface area contributed by atoms with Gasteiger partial charge < -0.3 is 10.0 Å². The van der Waals surface area contributed by atoms with Crippen LogP contribution in [0.5, 0.6) is 0 Å². The molecule has 2 aliphatic heterocycles. The van der Waals surface area contributed by atoms with Crippen molar-refractivity contribution in [1.29, 1.82) is 0 Å². The standard InChI is InChI=1S/C19H40N4O/c1-6-20-10-12-21(13-11-20)18(4)8-7-9-23-15-14-22(17(2)3)16-19(23,5)24/h17-18,24H,6-16H2,1-5H3/t18?,19-/m0/s1. The van der Waals surface area contributed by atoms with E-state index in [1.807, 2.05) is 6.92 Å². The average molecular weight is 341 g/mol. The van der Waals surface area contributed by atoms with E-state index >= 15 is 0 Å². The van der Waals surface area contributed by atoms with E-state index in [0.29, 0.717) is 12.1 Å². The highest BCUT2D eigenvalue weighted by atomic mass is 16.3. The second kappa shape index (κ2) is 8.95. The molecule has 0 amide bonds. The van der Waals surface area contributed by atoms with Gasteiger partial charge in [0.1, 0.15) is 5.72 Å². The Morgan fingerprint density at radius 3 is 2.12 bits per heavy atom. The SMILES string of the molecule is CCN1CCN(C(C)CCCN2CCN(C(C)C)C[C@]2(C)O)CC1. The highest BCUT2D eigenvalue weighted by Crippen LogP contribution is 2.21. The zero-order valence-corrected chi connectivity index (χ0v) is 16.7. The number of hydrogen-bond acceptors (Lipinski definition) is 5. The van der Waals surface area contributed by atoms with E-state index in [9.17, 15) is 5.11 Å². The maximum absolute atomic E-state index is 10.8. The summed E-state index contributed by atoms with van der Waals surface area (Å²) in [4.78, 5) is 9.84. The van der Waals surface area contributed by atoms with Crippen molar-refractivity contribution < 1.29 is 5.11 Å². The maximum Gasteiger partial charge on any atom is 0.128 e. The first-order chi connectivity index (χ1) is 11.3. The fourth-order valence-corrected chi connectivity index (χ4v) is 4.13. The van der Waals surface area contributed by atoms with Crippen LogP contribution in [0.4, 0.5) is 0 Å². The Balaban J connectivity index is 1.70. The molecule has 24 heavy (non-hydrogen) atoms. The number of aliphatic hydroxyl groups is 1. The molecule has 0 bridgehead atoms. The molecule has 2 heterocycles. The number of hydrogen-bond donors (Lipinski definition) is 1. The molecular formula is C19H40N4O. The number of piperazine rings is 2. The van der Waals surface area contributed by atoms with Gasteiger partial charge in [-0.15, -0.1) is 0 Å². The highest BCUT2D eigenvalue weighted by Gasteiger charge is 2.36. The zero-order valence-electron chi connectivity index (χ0n) is 16.7. The third-order valence-corrected chi connectivity index (χ3v) is 6.10. The molecule has 142 valence electrons. The molecule has 0 radical (unpaired) electrons. The van der Waals surface area contributed by atoms with Crippen LogP contribution in [0.25, 0.3) is 0 Å². The summed E-state index contributed by atoms with van der Waals surface area (Å²) in [6, 6.07) is 1.17. The number of likely N-dealkylation sites (N-methyl/N-ethyl adjacent to an activating group) is 1. The summed E-state index contributed by atoms with van der Waals surface area (Å²) in [5, 5.41) is 10.8. The minimum Gasteiger partial charge on any atom is -0.375 e. The summed E-state index contributed by atoms with van der Waals surface area (Å²) in [6.45, 7) is 20.9. The molecule has 1 N–H and O–H groups in total. The zero-order chi connectivity index (χ0) is 17.7. The molecule has 0 aromatic heterocycles. The van der Waals surface area contributed by atoms with Crippen molar-refractivity contribution in [3.05, 3.63) is 0 Å². The van der Waals surface area contributed by atoms with Gasteiger partial charge in [-0.25, -0.2) is 0 Å². The Hall–Kier alpha value is -0.200. The van der Waals surface area contributed by atoms with E-state index in [1.54, 1.807) is 0 Å². The van der Waals surface area contributed by atoms with E-state index in [0.717, 1.165) is 26.2 Å². The first kappa shape index (κ1) is 20.1. The molecule has 0 aromatic carbocycles. The van der Waals surface area contributed by atoms with Gasteiger partial charge in [0.15, 0.2) is 0 Å². The largest absolute Gasteiger partial charge is 0.375 e. The van der Waals surface area contributed by atoms with Gasteiger partial charge in [-0.2, -0.15) is 0 Å². The second-order valence-electron chi connectivity index (χ2n) is 8.23. The van der Waals surface area contributed by atoms with Crippen LogP contribution in [0, 0.1) is 0 Å². The summed E-state index contributed by atoms with van der Waals surface area (Å²) in [6.07, 6.45) is 2.40. The third-order valence-electron chi connectivity index (χ3n) is 6.10. The molecule has 2 fully saturated rings. The van der Waals surface area contributed by atoms with Gasteiger partial charge in [0, 0.05) is 64.4 Å². The van der Waals surface area contributed by atoms with Crippen LogP contribution in [0.2, 0.25) is 0 Å². The van der Waals surface area contributed by atoms with E-state index in [2.05, 4.69) is 47.3 Å². The number of β-amino-alcohol motifs (C(OH)–C–C–N with tert-alkyl or cyclic N) is 1. The van der Waals surface area contributed by atoms with Crippen LogP contribution in [0.1, 0.15) is 47.5 Å². The van der Waals surface area contributed by atoms with Crippen molar-refractivity contribution in [2.75, 3.05) is 58.9 Å². The van der Waals surface area contributed by atoms with E-state index in [-0.39, 0.29) is 0 Å². The lowest BCUT2D eigenvalue weighted by Gasteiger charge is -2.47. The Labute approximate surface area is 149 Å². The van der Waals surface area contributed by atoms with Gasteiger partial charge in [0.25, 0.3) is 0 Å². The molecule has 1 unspecified atom stereocenters. The topological polar surface area (TPSA) is 33.2 Å². The summed E-state index contributed by atoms with van der Waals surface area (Å²) in [7, 11) is 0. The average Bonchev–Trinajstić information content (AvgIpc) is 2.55. The highest BCUT2D eigenvalue weighted by molar-refractivity contribution is 4.86. The lowest BCUT2D eigenvalue weighted by molar-refractivity contribution is -0.144. The first-order valence-corrected chi connectivity index (χ1v) is 10.0. The Kier molecular flexibility index (Phi) is 7.50. The maximum atomic E-state index is 10.8. The summed E-state index contributed by atoms with van der Waals surface area (Å²) in [5.41, 5.74) is -0.682. The molecule has 2 atom stereocenters. The lowest BCUT2D eigenvalue weighted by Crippen LogP contribution is -2.62. The van der Waals surface area contributed by atoms with Crippen LogP contribution >= 0.6 is 0 Å². The van der Waals surface area contributed by atoms with Crippen molar-refractivity contribution in [2.24, 2.45) is 0 Å². The predicted octanol–water partition coefficient (Wildman–Crippen LogP) is 1.53. The van der Waals surface area contributed by atoms with Gasteiger partial charge in [0.05, 0.1) is 0 Å².